The number of halogens is 2. The number of ether oxygens (including phenoxy) is 1. The highest BCUT2D eigenvalue weighted by atomic mass is 35.5. The number of hydrogen-bond donors (Lipinski definition) is 1. The summed E-state index contributed by atoms with van der Waals surface area (Å²) in [4.78, 5) is 28.0. The van der Waals surface area contributed by atoms with E-state index in [1.807, 2.05) is 13.8 Å². The fourth-order valence-electron chi connectivity index (χ4n) is 3.54. The van der Waals surface area contributed by atoms with Crippen LogP contribution in [0.5, 0.6) is 5.75 Å². The van der Waals surface area contributed by atoms with Crippen LogP contribution < -0.4 is 14.4 Å². The molecule has 1 N–H and O–H groups in total. The Morgan fingerprint density at radius 1 is 1.11 bits per heavy atom. The van der Waals surface area contributed by atoms with Gasteiger partial charge in [-0.3, -0.25) is 13.9 Å². The lowest BCUT2D eigenvalue weighted by molar-refractivity contribution is -0.140. The smallest absolute Gasteiger partial charge is 0.244 e. The summed E-state index contributed by atoms with van der Waals surface area (Å²) in [5, 5.41) is 3.23. The lowest BCUT2D eigenvalue weighted by Gasteiger charge is -2.33. The first-order valence-electron chi connectivity index (χ1n) is 11.0. The summed E-state index contributed by atoms with van der Waals surface area (Å²) in [6, 6.07) is 10.5. The van der Waals surface area contributed by atoms with Gasteiger partial charge >= 0.3 is 0 Å². The van der Waals surface area contributed by atoms with Crippen molar-refractivity contribution in [3.05, 3.63) is 58.1 Å². The maximum absolute atomic E-state index is 13.7. The molecule has 0 aliphatic heterocycles. The van der Waals surface area contributed by atoms with Gasteiger partial charge in [-0.1, -0.05) is 42.3 Å². The first-order chi connectivity index (χ1) is 16.4. The van der Waals surface area contributed by atoms with Crippen LogP contribution in [0.25, 0.3) is 0 Å². The molecule has 0 bridgehead atoms. The van der Waals surface area contributed by atoms with Crippen LogP contribution in [-0.2, 0) is 26.2 Å². The number of hydrogen-bond acceptors (Lipinski definition) is 5. The van der Waals surface area contributed by atoms with Crippen molar-refractivity contribution in [1.29, 1.82) is 0 Å². The average molecular weight is 545 g/mol. The van der Waals surface area contributed by atoms with E-state index in [1.54, 1.807) is 31.2 Å². The first-order valence-corrected chi connectivity index (χ1v) is 13.6. The zero-order chi connectivity index (χ0) is 26.3. The third-order valence-corrected chi connectivity index (χ3v) is 6.84. The molecule has 0 heterocycles. The van der Waals surface area contributed by atoms with E-state index in [2.05, 4.69) is 5.32 Å². The van der Waals surface area contributed by atoms with Crippen molar-refractivity contribution in [2.45, 2.75) is 45.8 Å². The Labute approximate surface area is 217 Å². The van der Waals surface area contributed by atoms with Gasteiger partial charge in [-0.15, -0.1) is 0 Å². The van der Waals surface area contributed by atoms with Gasteiger partial charge in [0.15, 0.2) is 0 Å². The van der Waals surface area contributed by atoms with Crippen LogP contribution in [-0.4, -0.2) is 57.1 Å². The van der Waals surface area contributed by atoms with E-state index >= 15 is 0 Å². The molecule has 0 radical (unpaired) electrons. The molecule has 35 heavy (non-hydrogen) atoms. The van der Waals surface area contributed by atoms with Crippen molar-refractivity contribution in [2.24, 2.45) is 0 Å². The molecule has 0 saturated carbocycles. The van der Waals surface area contributed by atoms with Crippen molar-refractivity contribution < 1.29 is 22.7 Å². The Morgan fingerprint density at radius 3 is 2.37 bits per heavy atom. The predicted octanol–water partition coefficient (Wildman–Crippen LogP) is 4.10. The molecule has 2 aromatic carbocycles. The summed E-state index contributed by atoms with van der Waals surface area (Å²) in [5.41, 5.74) is 0.802. The Kier molecular flexibility index (Phi) is 10.2. The van der Waals surface area contributed by atoms with E-state index in [1.165, 1.54) is 30.2 Å². The van der Waals surface area contributed by atoms with E-state index in [0.717, 1.165) is 16.1 Å². The minimum absolute atomic E-state index is 0.0704. The van der Waals surface area contributed by atoms with Crippen LogP contribution in [0.4, 0.5) is 5.69 Å². The summed E-state index contributed by atoms with van der Waals surface area (Å²) in [6.07, 6.45) is 1.30. The predicted molar refractivity (Wildman–Crippen MR) is 140 cm³/mol. The quantitative estimate of drug-likeness (QED) is 0.460. The normalized spacial score (nSPS) is 12.2. The second-order valence-electron chi connectivity index (χ2n) is 8.33. The molecule has 1 atom stereocenters. The number of anilines is 1. The number of carbonyl (C=O) groups excluding carboxylic acids is 2. The number of methoxy groups -OCH3 is 1. The molecule has 0 saturated heterocycles. The highest BCUT2D eigenvalue weighted by molar-refractivity contribution is 7.92. The van der Waals surface area contributed by atoms with E-state index in [0.29, 0.717) is 12.2 Å². The van der Waals surface area contributed by atoms with Gasteiger partial charge in [-0.2, -0.15) is 0 Å². The molecule has 2 amide bonds. The molecule has 192 valence electrons. The number of benzene rings is 2. The topological polar surface area (TPSA) is 96.0 Å². The van der Waals surface area contributed by atoms with Gasteiger partial charge in [0.2, 0.25) is 21.8 Å². The number of sulfonamides is 1. The molecule has 0 fully saturated rings. The average Bonchev–Trinajstić information content (AvgIpc) is 2.77. The standard InChI is InChI=1S/C24H31Cl2N3O5S/c1-6-21(24(31)27-16(2)3)28(14-17-8-7-9-19(12-17)34-4)23(30)15-29(35(5,32)33)22-13-18(25)10-11-20(22)26/h7-13,16,21H,6,14-15H2,1-5H3,(H,27,31)/t21-/m0/s1. The third-order valence-electron chi connectivity index (χ3n) is 5.16. The van der Waals surface area contributed by atoms with Crippen molar-refractivity contribution in [1.82, 2.24) is 10.2 Å². The summed E-state index contributed by atoms with van der Waals surface area (Å²) in [5.74, 6) is -0.302. The number of amides is 2. The summed E-state index contributed by atoms with van der Waals surface area (Å²) in [6.45, 7) is 4.95. The van der Waals surface area contributed by atoms with E-state index in [4.69, 9.17) is 27.9 Å². The van der Waals surface area contributed by atoms with E-state index in [9.17, 15) is 18.0 Å². The van der Waals surface area contributed by atoms with Gasteiger partial charge in [0.05, 0.1) is 24.1 Å². The first kappa shape index (κ1) is 28.7. The van der Waals surface area contributed by atoms with Crippen LogP contribution in [0.2, 0.25) is 10.0 Å². The molecular formula is C24H31Cl2N3O5S. The van der Waals surface area contributed by atoms with Crippen LogP contribution in [0, 0.1) is 0 Å². The second kappa shape index (κ2) is 12.5. The van der Waals surface area contributed by atoms with Crippen molar-refractivity contribution >= 4 is 50.7 Å². The number of carbonyl (C=O) groups is 2. The maximum atomic E-state index is 13.7. The Hall–Kier alpha value is -2.49. The summed E-state index contributed by atoms with van der Waals surface area (Å²) >= 11 is 12.3. The molecular weight excluding hydrogens is 513 g/mol. The van der Waals surface area contributed by atoms with Gasteiger partial charge in [0.25, 0.3) is 0 Å². The zero-order valence-corrected chi connectivity index (χ0v) is 22.7. The van der Waals surface area contributed by atoms with Crippen molar-refractivity contribution in [3.8, 4) is 5.75 Å². The van der Waals surface area contributed by atoms with Crippen LogP contribution in [0.15, 0.2) is 42.5 Å². The Morgan fingerprint density at radius 2 is 1.80 bits per heavy atom. The molecule has 0 aliphatic rings. The maximum Gasteiger partial charge on any atom is 0.244 e. The van der Waals surface area contributed by atoms with Gasteiger partial charge < -0.3 is 15.0 Å². The van der Waals surface area contributed by atoms with Gasteiger partial charge in [-0.05, 0) is 56.2 Å². The van der Waals surface area contributed by atoms with Gasteiger partial charge in [-0.25, -0.2) is 8.42 Å². The molecule has 0 aromatic heterocycles. The largest absolute Gasteiger partial charge is 0.497 e. The van der Waals surface area contributed by atoms with E-state index < -0.39 is 28.5 Å². The number of rotatable bonds is 11. The zero-order valence-electron chi connectivity index (χ0n) is 20.4. The number of nitrogens with one attached hydrogen (secondary N) is 1. The van der Waals surface area contributed by atoms with Crippen molar-refractivity contribution in [2.75, 3.05) is 24.2 Å². The third kappa shape index (κ3) is 8.02. The minimum atomic E-state index is -3.92. The molecule has 11 heteroatoms. The van der Waals surface area contributed by atoms with Crippen LogP contribution in [0.1, 0.15) is 32.8 Å². The summed E-state index contributed by atoms with van der Waals surface area (Å²) < 4.78 is 31.5. The van der Waals surface area contributed by atoms with Crippen molar-refractivity contribution in [3.63, 3.8) is 0 Å². The molecule has 2 aromatic rings. The van der Waals surface area contributed by atoms with E-state index in [-0.39, 0.29) is 34.2 Å². The van der Waals surface area contributed by atoms with Crippen LogP contribution in [0.3, 0.4) is 0 Å². The highest BCUT2D eigenvalue weighted by Crippen LogP contribution is 2.31. The van der Waals surface area contributed by atoms with Gasteiger partial charge in [0, 0.05) is 17.6 Å². The molecule has 8 nitrogen and oxygen atoms in total. The molecule has 0 spiro atoms. The number of nitrogens with zero attached hydrogens (tertiary/aromatic N) is 2. The SMILES string of the molecule is CC[C@@H](C(=O)NC(C)C)N(Cc1cccc(OC)c1)C(=O)CN(c1cc(Cl)ccc1Cl)S(C)(=O)=O. The molecule has 0 aliphatic carbocycles. The fourth-order valence-corrected chi connectivity index (χ4v) is 4.83. The summed E-state index contributed by atoms with van der Waals surface area (Å²) in [7, 11) is -2.39. The Bertz CT molecular complexity index is 1160. The second-order valence-corrected chi connectivity index (χ2v) is 11.1. The van der Waals surface area contributed by atoms with Crippen LogP contribution >= 0.6 is 23.2 Å². The van der Waals surface area contributed by atoms with Gasteiger partial charge in [0.1, 0.15) is 18.3 Å². The Balaban J connectivity index is 2.50. The molecule has 2 rings (SSSR count). The highest BCUT2D eigenvalue weighted by Gasteiger charge is 2.32. The monoisotopic (exact) mass is 543 g/mol. The fraction of sp³-hybridized carbons (Fsp3) is 0.417. The lowest BCUT2D eigenvalue weighted by atomic mass is 10.1. The molecule has 0 unspecified atom stereocenters. The lowest BCUT2D eigenvalue weighted by Crippen LogP contribution is -2.53. The minimum Gasteiger partial charge on any atom is -0.497 e.